The highest BCUT2D eigenvalue weighted by Gasteiger charge is 2.13. The lowest BCUT2D eigenvalue weighted by molar-refractivity contribution is 0.103. The van der Waals surface area contributed by atoms with Crippen molar-refractivity contribution in [3.63, 3.8) is 0 Å². The second kappa shape index (κ2) is 6.16. The van der Waals surface area contributed by atoms with Gasteiger partial charge in [0.05, 0.1) is 6.61 Å². The molecule has 0 fully saturated rings. The van der Waals surface area contributed by atoms with Gasteiger partial charge in [-0.1, -0.05) is 42.5 Å². The summed E-state index contributed by atoms with van der Waals surface area (Å²) in [6, 6.07) is 14.5. The van der Waals surface area contributed by atoms with Crippen LogP contribution in [-0.4, -0.2) is 24.1 Å². The Kier molecular flexibility index (Phi) is 4.31. The predicted molar refractivity (Wildman–Crippen MR) is 73.6 cm³/mol. The topological polar surface area (TPSA) is 46.5 Å². The van der Waals surface area contributed by atoms with Gasteiger partial charge in [0.25, 0.3) is 0 Å². The van der Waals surface area contributed by atoms with E-state index in [1.807, 2.05) is 25.1 Å². The van der Waals surface area contributed by atoms with Crippen molar-refractivity contribution in [2.24, 2.45) is 0 Å². The summed E-state index contributed by atoms with van der Waals surface area (Å²) in [5.41, 5.74) is 2.08. The largest absolute Gasteiger partial charge is 0.491 e. The lowest BCUT2D eigenvalue weighted by atomic mass is 9.98. The van der Waals surface area contributed by atoms with Crippen LogP contribution in [0.3, 0.4) is 0 Å². The minimum atomic E-state index is -0.0453. The Labute approximate surface area is 112 Å². The van der Waals surface area contributed by atoms with E-state index in [0.29, 0.717) is 16.9 Å². The Bertz CT molecular complexity index is 561. The van der Waals surface area contributed by atoms with Crippen LogP contribution in [0, 0.1) is 6.92 Å². The molecule has 0 saturated heterocycles. The lowest BCUT2D eigenvalue weighted by Gasteiger charge is -2.11. The van der Waals surface area contributed by atoms with Crippen LogP contribution < -0.4 is 4.74 Å². The molecule has 0 bridgehead atoms. The number of rotatable bonds is 5. The van der Waals surface area contributed by atoms with E-state index in [1.54, 1.807) is 30.3 Å². The van der Waals surface area contributed by atoms with Gasteiger partial charge in [0.2, 0.25) is 0 Å². The van der Waals surface area contributed by atoms with Crippen molar-refractivity contribution in [2.45, 2.75) is 6.92 Å². The van der Waals surface area contributed by atoms with Gasteiger partial charge in [-0.15, -0.1) is 0 Å². The maximum atomic E-state index is 12.4. The smallest absolute Gasteiger partial charge is 0.193 e. The van der Waals surface area contributed by atoms with E-state index in [1.165, 1.54) is 0 Å². The molecule has 0 aliphatic rings. The van der Waals surface area contributed by atoms with Crippen LogP contribution in [0.15, 0.2) is 48.5 Å². The zero-order valence-corrected chi connectivity index (χ0v) is 10.8. The van der Waals surface area contributed by atoms with Crippen LogP contribution in [0.1, 0.15) is 21.5 Å². The van der Waals surface area contributed by atoms with Crippen LogP contribution in [-0.2, 0) is 0 Å². The van der Waals surface area contributed by atoms with Crippen molar-refractivity contribution in [3.05, 3.63) is 65.2 Å². The third-order valence-electron chi connectivity index (χ3n) is 2.91. The summed E-state index contributed by atoms with van der Waals surface area (Å²) >= 11 is 0. The minimum Gasteiger partial charge on any atom is -0.491 e. The molecule has 3 heteroatoms. The van der Waals surface area contributed by atoms with Gasteiger partial charge in [0.15, 0.2) is 5.78 Å². The van der Waals surface area contributed by atoms with Crippen LogP contribution in [0.4, 0.5) is 0 Å². The van der Waals surface area contributed by atoms with Crippen molar-refractivity contribution in [1.82, 2.24) is 0 Å². The summed E-state index contributed by atoms with van der Waals surface area (Å²) in [6.07, 6.45) is 0. The first kappa shape index (κ1) is 13.3. The minimum absolute atomic E-state index is 0.0208. The molecule has 3 nitrogen and oxygen atoms in total. The fourth-order valence-electron chi connectivity index (χ4n) is 1.92. The van der Waals surface area contributed by atoms with Gasteiger partial charge in [-0.25, -0.2) is 0 Å². The summed E-state index contributed by atoms with van der Waals surface area (Å²) in [6.45, 7) is 2.03. The molecular weight excluding hydrogens is 240 g/mol. The van der Waals surface area contributed by atoms with Gasteiger partial charge in [0.1, 0.15) is 12.4 Å². The normalized spacial score (nSPS) is 10.2. The zero-order chi connectivity index (χ0) is 13.7. The molecule has 0 unspecified atom stereocenters. The van der Waals surface area contributed by atoms with Crippen molar-refractivity contribution in [3.8, 4) is 5.75 Å². The van der Waals surface area contributed by atoms with E-state index in [4.69, 9.17) is 9.84 Å². The summed E-state index contributed by atoms with van der Waals surface area (Å²) in [4.78, 5) is 12.4. The molecule has 0 radical (unpaired) electrons. The standard InChI is InChI=1S/C16H16O3/c1-12-14(8-5-9-15(12)19-11-10-17)16(18)13-6-3-2-4-7-13/h2-9,17H,10-11H2,1H3. The van der Waals surface area contributed by atoms with Crippen molar-refractivity contribution in [2.75, 3.05) is 13.2 Å². The monoisotopic (exact) mass is 256 g/mol. The third kappa shape index (κ3) is 3.01. The number of aliphatic hydroxyl groups is 1. The van der Waals surface area contributed by atoms with Gasteiger partial charge < -0.3 is 9.84 Å². The number of carbonyl (C=O) groups is 1. The van der Waals surface area contributed by atoms with Gasteiger partial charge >= 0.3 is 0 Å². The molecule has 2 rings (SSSR count). The first-order valence-electron chi connectivity index (χ1n) is 6.17. The van der Waals surface area contributed by atoms with E-state index in [0.717, 1.165) is 5.56 Å². The average Bonchev–Trinajstić information content (AvgIpc) is 2.46. The number of hydrogen-bond donors (Lipinski definition) is 1. The maximum Gasteiger partial charge on any atom is 0.193 e. The SMILES string of the molecule is Cc1c(OCCO)cccc1C(=O)c1ccccc1. The molecule has 0 atom stereocenters. The van der Waals surface area contributed by atoms with Crippen LogP contribution >= 0.6 is 0 Å². The van der Waals surface area contributed by atoms with Gasteiger partial charge in [-0.05, 0) is 13.0 Å². The summed E-state index contributed by atoms with van der Waals surface area (Å²) in [5.74, 6) is 0.614. The van der Waals surface area contributed by atoms with Crippen LogP contribution in [0.2, 0.25) is 0 Å². The second-order valence-corrected chi connectivity index (χ2v) is 4.20. The summed E-state index contributed by atoms with van der Waals surface area (Å²) < 4.78 is 5.41. The number of benzene rings is 2. The number of ether oxygens (including phenoxy) is 1. The fourth-order valence-corrected chi connectivity index (χ4v) is 1.92. The van der Waals surface area contributed by atoms with E-state index < -0.39 is 0 Å². The highest BCUT2D eigenvalue weighted by molar-refractivity contribution is 6.10. The molecule has 98 valence electrons. The highest BCUT2D eigenvalue weighted by atomic mass is 16.5. The van der Waals surface area contributed by atoms with Gasteiger partial charge in [-0.3, -0.25) is 4.79 Å². The van der Waals surface area contributed by atoms with E-state index >= 15 is 0 Å². The number of ketones is 1. The van der Waals surface area contributed by atoms with Crippen LogP contribution in [0.25, 0.3) is 0 Å². The molecular formula is C16H16O3. The molecule has 0 heterocycles. The molecule has 0 aromatic heterocycles. The Balaban J connectivity index is 2.32. The molecule has 0 amide bonds. The fraction of sp³-hybridized carbons (Fsp3) is 0.188. The Morgan fingerprint density at radius 3 is 2.53 bits per heavy atom. The molecule has 0 spiro atoms. The molecule has 0 aliphatic heterocycles. The molecule has 1 N–H and O–H groups in total. The number of hydrogen-bond acceptors (Lipinski definition) is 3. The molecule has 0 saturated carbocycles. The van der Waals surface area contributed by atoms with E-state index in [9.17, 15) is 4.79 Å². The lowest BCUT2D eigenvalue weighted by Crippen LogP contribution is -2.07. The van der Waals surface area contributed by atoms with Gasteiger partial charge in [-0.2, -0.15) is 0 Å². The van der Waals surface area contributed by atoms with Crippen LogP contribution in [0.5, 0.6) is 5.75 Å². The van der Waals surface area contributed by atoms with Crippen molar-refractivity contribution < 1.29 is 14.6 Å². The highest BCUT2D eigenvalue weighted by Crippen LogP contribution is 2.23. The molecule has 2 aromatic rings. The molecule has 19 heavy (non-hydrogen) atoms. The maximum absolute atomic E-state index is 12.4. The predicted octanol–water partition coefficient (Wildman–Crippen LogP) is 2.60. The summed E-state index contributed by atoms with van der Waals surface area (Å²) in [5, 5.41) is 8.78. The number of carbonyl (C=O) groups excluding carboxylic acids is 1. The summed E-state index contributed by atoms with van der Waals surface area (Å²) in [7, 11) is 0. The van der Waals surface area contributed by atoms with Crippen molar-refractivity contribution >= 4 is 5.78 Å². The number of aliphatic hydroxyl groups excluding tert-OH is 1. The third-order valence-corrected chi connectivity index (χ3v) is 2.91. The zero-order valence-electron chi connectivity index (χ0n) is 10.8. The first-order chi connectivity index (χ1) is 9.24. The average molecular weight is 256 g/mol. The van der Waals surface area contributed by atoms with Crippen molar-refractivity contribution in [1.29, 1.82) is 0 Å². The molecule has 0 aliphatic carbocycles. The van der Waals surface area contributed by atoms with E-state index in [-0.39, 0.29) is 19.0 Å². The molecule has 2 aromatic carbocycles. The Morgan fingerprint density at radius 1 is 1.11 bits per heavy atom. The first-order valence-corrected chi connectivity index (χ1v) is 6.17. The van der Waals surface area contributed by atoms with Gasteiger partial charge in [0, 0.05) is 16.7 Å². The second-order valence-electron chi connectivity index (χ2n) is 4.20. The quantitative estimate of drug-likeness (QED) is 0.836. The Morgan fingerprint density at radius 2 is 1.84 bits per heavy atom. The van der Waals surface area contributed by atoms with E-state index in [2.05, 4.69) is 0 Å². The Hall–Kier alpha value is -2.13.